The van der Waals surface area contributed by atoms with Crippen molar-refractivity contribution in [1.29, 1.82) is 0 Å². The second-order valence-electron chi connectivity index (χ2n) is 3.11. The maximum absolute atomic E-state index is 11.1. The van der Waals surface area contributed by atoms with E-state index in [-0.39, 0.29) is 6.42 Å². The fourth-order valence-corrected chi connectivity index (χ4v) is 3.05. The van der Waals surface area contributed by atoms with Crippen molar-refractivity contribution in [3.8, 4) is 0 Å². The van der Waals surface area contributed by atoms with Gasteiger partial charge in [0.15, 0.2) is 0 Å². The molecule has 15 heavy (non-hydrogen) atoms. The minimum absolute atomic E-state index is 0.308. The number of esters is 2. The molecule has 0 N–H and O–H groups in total. The summed E-state index contributed by atoms with van der Waals surface area (Å²) in [6.07, 6.45) is 1.33. The van der Waals surface area contributed by atoms with E-state index >= 15 is 0 Å². The van der Waals surface area contributed by atoms with E-state index in [1.165, 1.54) is 23.5 Å². The molecular formula is C9H8O4S2. The highest BCUT2D eigenvalue weighted by Crippen LogP contribution is 2.40. The Morgan fingerprint density at radius 2 is 1.80 bits per heavy atom. The summed E-state index contributed by atoms with van der Waals surface area (Å²) in [6, 6.07) is 0. The molecule has 0 unspecified atom stereocenters. The molecule has 4 nitrogen and oxygen atoms in total. The summed E-state index contributed by atoms with van der Waals surface area (Å²) in [7, 11) is 0. The molecule has 1 saturated heterocycles. The Bertz CT molecular complexity index is 346. The average Bonchev–Trinajstić information content (AvgIpc) is 2.52. The van der Waals surface area contributed by atoms with Crippen LogP contribution in [0.1, 0.15) is 13.3 Å². The van der Waals surface area contributed by atoms with E-state index in [1.807, 2.05) is 10.8 Å². The summed E-state index contributed by atoms with van der Waals surface area (Å²) in [5.41, 5.74) is 0. The van der Waals surface area contributed by atoms with Crippen LogP contribution in [-0.4, -0.2) is 17.7 Å². The quantitative estimate of drug-likeness (QED) is 0.519. The number of hydrogen-bond acceptors (Lipinski definition) is 6. The van der Waals surface area contributed by atoms with Gasteiger partial charge >= 0.3 is 11.9 Å². The van der Waals surface area contributed by atoms with Gasteiger partial charge in [-0.15, -0.1) is 0 Å². The summed E-state index contributed by atoms with van der Waals surface area (Å²) in [5, 5.41) is 3.82. The van der Waals surface area contributed by atoms with E-state index in [4.69, 9.17) is 9.47 Å². The minimum Gasteiger partial charge on any atom is -0.418 e. The molecule has 0 radical (unpaired) electrons. The average molecular weight is 244 g/mol. The molecule has 1 fully saturated rings. The molecule has 6 heteroatoms. The first-order valence-electron chi connectivity index (χ1n) is 4.22. The Morgan fingerprint density at radius 1 is 1.27 bits per heavy atom. The lowest BCUT2D eigenvalue weighted by atomic mass is 10.2. The third kappa shape index (κ3) is 2.57. The zero-order valence-electron chi connectivity index (χ0n) is 7.89. The Kier molecular flexibility index (Phi) is 2.79. The molecule has 2 rings (SSSR count). The van der Waals surface area contributed by atoms with Gasteiger partial charge < -0.3 is 9.47 Å². The first kappa shape index (κ1) is 10.6. The topological polar surface area (TPSA) is 52.6 Å². The van der Waals surface area contributed by atoms with Crippen molar-refractivity contribution < 1.29 is 19.1 Å². The predicted molar refractivity (Wildman–Crippen MR) is 57.6 cm³/mol. The van der Waals surface area contributed by atoms with Crippen LogP contribution in [0.25, 0.3) is 0 Å². The smallest absolute Gasteiger partial charge is 0.320 e. The highest BCUT2D eigenvalue weighted by atomic mass is 32.2. The van der Waals surface area contributed by atoms with Gasteiger partial charge in [-0.3, -0.25) is 9.59 Å². The van der Waals surface area contributed by atoms with Crippen LogP contribution in [0.3, 0.4) is 0 Å². The predicted octanol–water partition coefficient (Wildman–Crippen LogP) is 1.99. The number of cyclic esters (lactones) is 2. The lowest BCUT2D eigenvalue weighted by molar-refractivity contribution is -0.221. The van der Waals surface area contributed by atoms with E-state index in [0.29, 0.717) is 0 Å². The fourth-order valence-electron chi connectivity index (χ4n) is 1.22. The van der Waals surface area contributed by atoms with Gasteiger partial charge in [-0.2, -0.15) is 0 Å². The fraction of sp³-hybridized carbons (Fsp3) is 0.333. The van der Waals surface area contributed by atoms with Crippen LogP contribution in [-0.2, 0) is 19.1 Å². The van der Waals surface area contributed by atoms with Crippen molar-refractivity contribution in [3.05, 3.63) is 21.1 Å². The largest absolute Gasteiger partial charge is 0.418 e. The van der Waals surface area contributed by atoms with Gasteiger partial charge in [-0.05, 0) is 10.8 Å². The van der Waals surface area contributed by atoms with Crippen LogP contribution < -0.4 is 0 Å². The molecule has 0 bridgehead atoms. The third-order valence-electron chi connectivity index (χ3n) is 1.73. The molecule has 0 atom stereocenters. The first-order chi connectivity index (χ1) is 7.07. The molecule has 0 aromatic rings. The molecule has 2 heterocycles. The van der Waals surface area contributed by atoms with E-state index in [2.05, 4.69) is 0 Å². The lowest BCUT2D eigenvalue weighted by Gasteiger charge is -2.29. The Balaban J connectivity index is 2.14. The zero-order chi connectivity index (χ0) is 10.9. The highest BCUT2D eigenvalue weighted by Gasteiger charge is 2.37. The monoisotopic (exact) mass is 244 g/mol. The van der Waals surface area contributed by atoms with Crippen molar-refractivity contribution in [2.75, 3.05) is 0 Å². The second-order valence-corrected chi connectivity index (χ2v) is 5.27. The Hall–Kier alpha value is -0.880. The van der Waals surface area contributed by atoms with Gasteiger partial charge in [0.2, 0.25) is 0 Å². The molecule has 0 spiro atoms. The zero-order valence-corrected chi connectivity index (χ0v) is 9.52. The van der Waals surface area contributed by atoms with Crippen molar-refractivity contribution in [3.63, 3.8) is 0 Å². The van der Waals surface area contributed by atoms with Gasteiger partial charge in [0.05, 0.1) is 4.24 Å². The summed E-state index contributed by atoms with van der Waals surface area (Å²) < 4.78 is 10.9. The van der Waals surface area contributed by atoms with Crippen molar-refractivity contribution in [2.45, 2.75) is 19.1 Å². The lowest BCUT2D eigenvalue weighted by Crippen LogP contribution is -2.41. The van der Waals surface area contributed by atoms with Gasteiger partial charge in [-0.1, -0.05) is 23.5 Å². The molecule has 0 saturated carbocycles. The van der Waals surface area contributed by atoms with Crippen LogP contribution in [0.15, 0.2) is 21.1 Å². The van der Waals surface area contributed by atoms with E-state index in [1.54, 1.807) is 13.0 Å². The molecule has 80 valence electrons. The summed E-state index contributed by atoms with van der Waals surface area (Å²) in [6.45, 7) is 1.55. The minimum atomic E-state index is -1.26. The van der Waals surface area contributed by atoms with E-state index in [9.17, 15) is 9.59 Å². The van der Waals surface area contributed by atoms with Crippen molar-refractivity contribution in [2.24, 2.45) is 0 Å². The number of carbonyl (C=O) groups excluding carboxylic acids is 2. The summed E-state index contributed by atoms with van der Waals surface area (Å²) in [5.74, 6) is -2.36. The molecule has 0 amide bonds. The third-order valence-corrected chi connectivity index (χ3v) is 3.72. The van der Waals surface area contributed by atoms with Gasteiger partial charge in [0.25, 0.3) is 5.79 Å². The van der Waals surface area contributed by atoms with Crippen molar-refractivity contribution in [1.82, 2.24) is 0 Å². The number of ether oxygens (including phenoxy) is 2. The summed E-state index contributed by atoms with van der Waals surface area (Å²) >= 11 is 3.00. The van der Waals surface area contributed by atoms with Crippen LogP contribution >= 0.6 is 23.5 Å². The maximum Gasteiger partial charge on any atom is 0.320 e. The van der Waals surface area contributed by atoms with E-state index < -0.39 is 17.7 Å². The normalized spacial score (nSPS) is 23.7. The molecule has 2 aliphatic heterocycles. The summed E-state index contributed by atoms with van der Waals surface area (Å²) in [4.78, 5) is 22.2. The standard InChI is InChI=1S/C9H8O4S2/c1-9(5-8-14-2-3-15-8)12-6(10)4-7(11)13-9/h2-3,5H,4H2,1H3. The van der Waals surface area contributed by atoms with E-state index in [0.717, 1.165) is 4.24 Å². The van der Waals surface area contributed by atoms with Gasteiger partial charge in [-0.25, -0.2) is 0 Å². The molecular weight excluding hydrogens is 236 g/mol. The Labute approximate surface area is 95.1 Å². The number of rotatable bonds is 1. The van der Waals surface area contributed by atoms with Crippen LogP contribution in [0.4, 0.5) is 0 Å². The molecule has 0 aromatic carbocycles. The number of hydrogen-bond donors (Lipinski definition) is 0. The van der Waals surface area contributed by atoms with Crippen LogP contribution in [0.5, 0.6) is 0 Å². The Morgan fingerprint density at radius 3 is 2.33 bits per heavy atom. The second kappa shape index (κ2) is 3.94. The molecule has 2 aliphatic rings. The van der Waals surface area contributed by atoms with Crippen LogP contribution in [0, 0.1) is 0 Å². The van der Waals surface area contributed by atoms with Crippen LogP contribution in [0.2, 0.25) is 0 Å². The van der Waals surface area contributed by atoms with Gasteiger partial charge in [0.1, 0.15) is 6.42 Å². The SMILES string of the molecule is CC1(C=C2SC=CS2)OC(=O)CC(=O)O1. The maximum atomic E-state index is 11.1. The number of thioether (sulfide) groups is 2. The highest BCUT2D eigenvalue weighted by molar-refractivity contribution is 8.27. The van der Waals surface area contributed by atoms with Crippen molar-refractivity contribution >= 4 is 35.5 Å². The van der Waals surface area contributed by atoms with Gasteiger partial charge in [0, 0.05) is 13.0 Å². The molecule has 0 aliphatic carbocycles. The number of carbonyl (C=O) groups is 2. The first-order valence-corrected chi connectivity index (χ1v) is 5.98. The molecule has 0 aromatic heterocycles.